The third-order valence-corrected chi connectivity index (χ3v) is 6.82. The molecule has 0 amide bonds. The molecule has 0 radical (unpaired) electrons. The number of β-amino-alcohol motifs (C(OH)–C–C–N with tert-alkyl or cyclic N) is 1. The Balaban J connectivity index is 0.00000272. The molecule has 31 heavy (non-hydrogen) atoms. The van der Waals surface area contributed by atoms with Crippen LogP contribution < -0.4 is 17.3 Å². The Morgan fingerprint density at radius 3 is 2.16 bits per heavy atom. The van der Waals surface area contributed by atoms with Crippen LogP contribution in [0, 0.1) is 0 Å². The first-order valence-corrected chi connectivity index (χ1v) is 11.1. The zero-order valence-corrected chi connectivity index (χ0v) is 18.7. The first-order chi connectivity index (χ1) is 14.5. The maximum absolute atomic E-state index is 13.3. The lowest BCUT2D eigenvalue weighted by molar-refractivity contribution is -0.137. The minimum Gasteiger partial charge on any atom is -1.00 e. The van der Waals surface area contributed by atoms with Gasteiger partial charge in [-0.1, -0.05) is 23.9 Å². The standard InChI is InChI=1S/C22H26F3N3OS.ClH/c23-22(24,25)17-6-7-21-19(16-17)28(18-4-1-2-5-20(18)30-21)9-3-8-26-10-12-27(13-11-26)14-15-29;/h1-2,4-7,16,29H,3,8-15H2;1H/p-1. The molecular formula is C22H26ClF3N3OS-. The molecule has 0 spiro atoms. The minimum atomic E-state index is -4.35. The van der Waals surface area contributed by atoms with Crippen molar-refractivity contribution in [3.05, 3.63) is 48.0 Å². The molecule has 0 aliphatic carbocycles. The fourth-order valence-corrected chi connectivity index (χ4v) is 5.15. The van der Waals surface area contributed by atoms with E-state index in [1.807, 2.05) is 29.2 Å². The van der Waals surface area contributed by atoms with Gasteiger partial charge in [-0.2, -0.15) is 13.2 Å². The maximum atomic E-state index is 13.3. The lowest BCUT2D eigenvalue weighted by Gasteiger charge is -2.36. The van der Waals surface area contributed by atoms with Crippen LogP contribution in [0.25, 0.3) is 0 Å². The summed E-state index contributed by atoms with van der Waals surface area (Å²) in [7, 11) is 0. The molecule has 0 saturated carbocycles. The minimum absolute atomic E-state index is 0. The van der Waals surface area contributed by atoms with E-state index in [2.05, 4.69) is 9.80 Å². The molecule has 9 heteroatoms. The van der Waals surface area contributed by atoms with E-state index in [0.29, 0.717) is 18.8 Å². The number of para-hydroxylation sites is 1. The number of anilines is 2. The van der Waals surface area contributed by atoms with E-state index in [1.165, 1.54) is 23.9 Å². The second kappa shape index (κ2) is 10.4. The molecule has 4 nitrogen and oxygen atoms in total. The molecule has 0 aromatic heterocycles. The quantitative estimate of drug-likeness (QED) is 0.685. The lowest BCUT2D eigenvalue weighted by atomic mass is 10.1. The second-order valence-corrected chi connectivity index (χ2v) is 8.75. The molecule has 170 valence electrons. The van der Waals surface area contributed by atoms with Gasteiger partial charge in [0.1, 0.15) is 0 Å². The van der Waals surface area contributed by atoms with Crippen LogP contribution in [-0.4, -0.2) is 67.3 Å². The van der Waals surface area contributed by atoms with E-state index in [1.54, 1.807) is 6.07 Å². The van der Waals surface area contributed by atoms with Crippen molar-refractivity contribution in [2.75, 3.05) is 57.3 Å². The topological polar surface area (TPSA) is 30.0 Å². The first kappa shape index (κ1) is 24.2. The van der Waals surface area contributed by atoms with Crippen molar-refractivity contribution in [2.24, 2.45) is 0 Å². The number of aliphatic hydroxyl groups is 1. The number of halogens is 4. The van der Waals surface area contributed by atoms with Gasteiger partial charge in [0.05, 0.1) is 23.5 Å². The van der Waals surface area contributed by atoms with Crippen molar-refractivity contribution in [3.8, 4) is 0 Å². The largest absolute Gasteiger partial charge is 1.00 e. The van der Waals surface area contributed by atoms with Gasteiger partial charge in [0.2, 0.25) is 0 Å². The summed E-state index contributed by atoms with van der Waals surface area (Å²) in [5.74, 6) is 0. The highest BCUT2D eigenvalue weighted by Crippen LogP contribution is 2.49. The molecule has 0 unspecified atom stereocenters. The highest BCUT2D eigenvalue weighted by molar-refractivity contribution is 7.99. The highest BCUT2D eigenvalue weighted by atomic mass is 35.5. The molecule has 1 fully saturated rings. The summed E-state index contributed by atoms with van der Waals surface area (Å²) in [5.41, 5.74) is 1.01. The Hall–Kier alpha value is -1.45. The predicted molar refractivity (Wildman–Crippen MR) is 114 cm³/mol. The molecule has 2 aromatic carbocycles. The van der Waals surface area contributed by atoms with Crippen LogP contribution in [0.4, 0.5) is 24.5 Å². The van der Waals surface area contributed by atoms with Crippen molar-refractivity contribution in [2.45, 2.75) is 22.4 Å². The van der Waals surface area contributed by atoms with E-state index in [0.717, 1.165) is 54.6 Å². The Bertz CT molecular complexity index is 875. The molecule has 2 heterocycles. The summed E-state index contributed by atoms with van der Waals surface area (Å²) < 4.78 is 39.9. The summed E-state index contributed by atoms with van der Waals surface area (Å²) in [5, 5.41) is 9.07. The van der Waals surface area contributed by atoms with Crippen molar-refractivity contribution in [3.63, 3.8) is 0 Å². The highest BCUT2D eigenvalue weighted by Gasteiger charge is 2.33. The summed E-state index contributed by atoms with van der Waals surface area (Å²) in [6.07, 6.45) is -3.48. The van der Waals surface area contributed by atoms with Gasteiger partial charge in [0, 0.05) is 49.1 Å². The second-order valence-electron chi connectivity index (χ2n) is 7.66. The van der Waals surface area contributed by atoms with Crippen molar-refractivity contribution in [1.82, 2.24) is 9.80 Å². The van der Waals surface area contributed by atoms with Gasteiger partial charge in [-0.3, -0.25) is 4.90 Å². The Morgan fingerprint density at radius 2 is 1.48 bits per heavy atom. The molecule has 0 atom stereocenters. The number of aliphatic hydroxyl groups excluding tert-OH is 1. The lowest BCUT2D eigenvalue weighted by Crippen LogP contribution is -3.00. The molecule has 2 aliphatic heterocycles. The van der Waals surface area contributed by atoms with E-state index >= 15 is 0 Å². The average molecular weight is 473 g/mol. The van der Waals surface area contributed by atoms with Gasteiger partial charge in [0.25, 0.3) is 0 Å². The number of rotatable bonds is 6. The van der Waals surface area contributed by atoms with Gasteiger partial charge in [-0.25, -0.2) is 0 Å². The molecule has 4 rings (SSSR count). The van der Waals surface area contributed by atoms with Gasteiger partial charge in [-0.05, 0) is 43.3 Å². The molecule has 2 aromatic rings. The molecular weight excluding hydrogens is 447 g/mol. The summed E-state index contributed by atoms with van der Waals surface area (Å²) >= 11 is 1.53. The Labute approximate surface area is 191 Å². The fraction of sp³-hybridized carbons (Fsp3) is 0.455. The zero-order chi connectivity index (χ0) is 21.1. The van der Waals surface area contributed by atoms with Crippen LogP contribution in [0.5, 0.6) is 0 Å². The summed E-state index contributed by atoms with van der Waals surface area (Å²) in [6, 6.07) is 11.9. The summed E-state index contributed by atoms with van der Waals surface area (Å²) in [4.78, 5) is 8.62. The third-order valence-electron chi connectivity index (χ3n) is 5.69. The predicted octanol–water partition coefficient (Wildman–Crippen LogP) is 1.31. The fourth-order valence-electron chi connectivity index (χ4n) is 4.08. The number of hydrogen-bond donors (Lipinski definition) is 1. The molecule has 1 N–H and O–H groups in total. The number of piperazine rings is 1. The Morgan fingerprint density at radius 1 is 0.839 bits per heavy atom. The van der Waals surface area contributed by atoms with Crippen LogP contribution in [0.15, 0.2) is 52.3 Å². The molecule has 0 bridgehead atoms. The SMILES string of the molecule is OCCN1CCN(CCCN2c3ccccc3Sc3ccc(C(F)(F)F)cc32)CC1.[Cl-]. The number of fused-ring (bicyclic) bond motifs is 2. The molecule has 2 aliphatic rings. The van der Waals surface area contributed by atoms with Gasteiger partial charge in [-0.15, -0.1) is 0 Å². The first-order valence-electron chi connectivity index (χ1n) is 10.3. The number of benzene rings is 2. The van der Waals surface area contributed by atoms with Crippen molar-refractivity contribution < 1.29 is 30.7 Å². The molecule has 1 saturated heterocycles. The monoisotopic (exact) mass is 472 g/mol. The maximum Gasteiger partial charge on any atom is 0.416 e. The normalized spacial score (nSPS) is 17.1. The van der Waals surface area contributed by atoms with E-state index in [-0.39, 0.29) is 19.0 Å². The van der Waals surface area contributed by atoms with E-state index in [4.69, 9.17) is 5.11 Å². The van der Waals surface area contributed by atoms with E-state index < -0.39 is 11.7 Å². The number of hydrogen-bond acceptors (Lipinski definition) is 5. The average Bonchev–Trinajstić information content (AvgIpc) is 2.73. The third kappa shape index (κ3) is 5.68. The van der Waals surface area contributed by atoms with Crippen LogP contribution >= 0.6 is 11.8 Å². The van der Waals surface area contributed by atoms with Gasteiger partial charge < -0.3 is 27.3 Å². The van der Waals surface area contributed by atoms with Gasteiger partial charge >= 0.3 is 6.18 Å². The van der Waals surface area contributed by atoms with Crippen LogP contribution in [-0.2, 0) is 6.18 Å². The van der Waals surface area contributed by atoms with Crippen LogP contribution in [0.3, 0.4) is 0 Å². The number of alkyl halides is 3. The van der Waals surface area contributed by atoms with Crippen LogP contribution in [0.2, 0.25) is 0 Å². The van der Waals surface area contributed by atoms with Crippen molar-refractivity contribution >= 4 is 23.1 Å². The van der Waals surface area contributed by atoms with E-state index in [9.17, 15) is 13.2 Å². The Kier molecular flexibility index (Phi) is 8.15. The van der Waals surface area contributed by atoms with Crippen LogP contribution in [0.1, 0.15) is 12.0 Å². The summed E-state index contributed by atoms with van der Waals surface area (Å²) in [6.45, 7) is 6.29. The zero-order valence-electron chi connectivity index (χ0n) is 17.1. The van der Waals surface area contributed by atoms with Gasteiger partial charge in [0.15, 0.2) is 0 Å². The van der Waals surface area contributed by atoms with Crippen molar-refractivity contribution in [1.29, 1.82) is 0 Å². The number of nitrogens with zero attached hydrogens (tertiary/aromatic N) is 3. The smallest absolute Gasteiger partial charge is 0.416 e.